The number of hydrogen-bond donors (Lipinski definition) is 1. The molecule has 2 rings (SSSR count). The molecule has 0 saturated heterocycles. The fraction of sp³-hybridized carbons (Fsp3) is 0.435. The first-order chi connectivity index (χ1) is 12.8. The van der Waals surface area contributed by atoms with Gasteiger partial charge in [0.1, 0.15) is 5.75 Å². The molecule has 0 amide bonds. The first kappa shape index (κ1) is 20.0. The van der Waals surface area contributed by atoms with Crippen molar-refractivity contribution in [1.29, 1.82) is 5.26 Å². The predicted molar refractivity (Wildman–Crippen MR) is 106 cm³/mol. The van der Waals surface area contributed by atoms with Crippen LogP contribution in [0, 0.1) is 11.3 Å². The van der Waals surface area contributed by atoms with E-state index >= 15 is 0 Å². The van der Waals surface area contributed by atoms with Crippen LogP contribution in [0.4, 0.5) is 0 Å². The van der Waals surface area contributed by atoms with E-state index in [2.05, 4.69) is 18.2 Å². The molecule has 0 bridgehead atoms. The second-order valence-corrected chi connectivity index (χ2v) is 6.61. The Labute approximate surface area is 157 Å². The Kier molecular flexibility index (Phi) is 9.32. The first-order valence-electron chi connectivity index (χ1n) is 9.68. The van der Waals surface area contributed by atoms with Crippen molar-refractivity contribution in [2.24, 2.45) is 0 Å². The number of ether oxygens (including phenoxy) is 1. The van der Waals surface area contributed by atoms with Crippen LogP contribution in [0.5, 0.6) is 5.75 Å². The highest BCUT2D eigenvalue weighted by molar-refractivity contribution is 5.64. The van der Waals surface area contributed by atoms with E-state index in [1.807, 2.05) is 36.4 Å². The van der Waals surface area contributed by atoms with Gasteiger partial charge in [0.15, 0.2) is 0 Å². The van der Waals surface area contributed by atoms with Gasteiger partial charge in [-0.25, -0.2) is 0 Å². The number of nitriles is 1. The summed E-state index contributed by atoms with van der Waals surface area (Å²) in [7, 11) is 0. The molecule has 0 radical (unpaired) electrons. The maximum Gasteiger partial charge on any atom is 0.119 e. The van der Waals surface area contributed by atoms with Crippen LogP contribution in [0.3, 0.4) is 0 Å². The monoisotopic (exact) mass is 351 g/mol. The molecule has 0 unspecified atom stereocenters. The van der Waals surface area contributed by atoms with Crippen LogP contribution in [0.2, 0.25) is 0 Å². The Morgan fingerprint density at radius 1 is 0.692 bits per heavy atom. The molecular formula is C23H29NO2. The van der Waals surface area contributed by atoms with Crippen molar-refractivity contribution in [2.75, 3.05) is 13.2 Å². The number of hydrogen-bond acceptors (Lipinski definition) is 3. The van der Waals surface area contributed by atoms with Gasteiger partial charge in [-0.2, -0.15) is 5.26 Å². The van der Waals surface area contributed by atoms with Gasteiger partial charge >= 0.3 is 0 Å². The van der Waals surface area contributed by atoms with E-state index in [0.29, 0.717) is 12.2 Å². The number of unbranched alkanes of at least 4 members (excludes halogenated alkanes) is 7. The summed E-state index contributed by atoms with van der Waals surface area (Å²) in [5, 5.41) is 17.6. The van der Waals surface area contributed by atoms with E-state index < -0.39 is 0 Å². The third-order valence-corrected chi connectivity index (χ3v) is 4.52. The minimum Gasteiger partial charge on any atom is -0.494 e. The molecule has 0 aliphatic heterocycles. The third kappa shape index (κ3) is 7.29. The summed E-state index contributed by atoms with van der Waals surface area (Å²) in [4.78, 5) is 0. The molecule has 0 fully saturated rings. The van der Waals surface area contributed by atoms with Crippen LogP contribution in [-0.4, -0.2) is 18.3 Å². The zero-order valence-corrected chi connectivity index (χ0v) is 15.5. The normalized spacial score (nSPS) is 10.5. The molecule has 3 nitrogen and oxygen atoms in total. The number of aliphatic hydroxyl groups is 1. The standard InChI is InChI=1S/C23H29NO2/c24-19-20-9-11-21(12-10-20)22-13-15-23(16-14-22)26-18-8-6-4-2-1-3-5-7-17-25/h9-16,25H,1-8,17-18H2. The molecule has 0 spiro atoms. The molecular weight excluding hydrogens is 322 g/mol. The molecule has 138 valence electrons. The smallest absolute Gasteiger partial charge is 0.119 e. The first-order valence-corrected chi connectivity index (χ1v) is 9.68. The summed E-state index contributed by atoms with van der Waals surface area (Å²) < 4.78 is 5.82. The van der Waals surface area contributed by atoms with Crippen LogP contribution >= 0.6 is 0 Å². The van der Waals surface area contributed by atoms with Crippen molar-refractivity contribution in [2.45, 2.75) is 51.4 Å². The molecule has 0 heterocycles. The lowest BCUT2D eigenvalue weighted by atomic mass is 10.0. The number of benzene rings is 2. The maximum atomic E-state index is 8.85. The lowest BCUT2D eigenvalue weighted by Crippen LogP contribution is -1.97. The van der Waals surface area contributed by atoms with Gasteiger partial charge in [0, 0.05) is 6.61 Å². The van der Waals surface area contributed by atoms with Crippen LogP contribution in [0.1, 0.15) is 56.9 Å². The van der Waals surface area contributed by atoms with E-state index in [9.17, 15) is 0 Å². The summed E-state index contributed by atoms with van der Waals surface area (Å²) >= 11 is 0. The Hall–Kier alpha value is -2.31. The van der Waals surface area contributed by atoms with Crippen molar-refractivity contribution in [3.63, 3.8) is 0 Å². The Morgan fingerprint density at radius 2 is 1.19 bits per heavy atom. The van der Waals surface area contributed by atoms with E-state index in [4.69, 9.17) is 15.1 Å². The van der Waals surface area contributed by atoms with Crippen molar-refractivity contribution in [3.8, 4) is 22.9 Å². The summed E-state index contributed by atoms with van der Waals surface area (Å²) in [5.74, 6) is 0.909. The summed E-state index contributed by atoms with van der Waals surface area (Å²) in [5.41, 5.74) is 2.91. The van der Waals surface area contributed by atoms with Gasteiger partial charge in [-0.05, 0) is 48.2 Å². The number of rotatable bonds is 12. The van der Waals surface area contributed by atoms with E-state index in [1.54, 1.807) is 0 Å². The van der Waals surface area contributed by atoms with E-state index in [-0.39, 0.29) is 0 Å². The largest absolute Gasteiger partial charge is 0.494 e. The van der Waals surface area contributed by atoms with Crippen molar-refractivity contribution in [1.82, 2.24) is 0 Å². The average molecular weight is 351 g/mol. The maximum absolute atomic E-state index is 8.85. The number of aliphatic hydroxyl groups excluding tert-OH is 1. The quantitative estimate of drug-likeness (QED) is 0.498. The fourth-order valence-electron chi connectivity index (χ4n) is 2.95. The van der Waals surface area contributed by atoms with Crippen molar-refractivity contribution >= 4 is 0 Å². The van der Waals surface area contributed by atoms with Gasteiger partial charge in [0.25, 0.3) is 0 Å². The molecule has 1 N–H and O–H groups in total. The molecule has 2 aromatic rings. The van der Waals surface area contributed by atoms with Gasteiger partial charge in [-0.1, -0.05) is 62.8 Å². The molecule has 2 aromatic carbocycles. The second kappa shape index (κ2) is 12.1. The van der Waals surface area contributed by atoms with E-state index in [1.165, 1.54) is 32.1 Å². The van der Waals surface area contributed by atoms with Crippen molar-refractivity contribution < 1.29 is 9.84 Å². The van der Waals surface area contributed by atoms with Gasteiger partial charge in [0.05, 0.1) is 18.2 Å². The highest BCUT2D eigenvalue weighted by atomic mass is 16.5. The molecule has 0 aromatic heterocycles. The molecule has 3 heteroatoms. The zero-order valence-electron chi connectivity index (χ0n) is 15.5. The topological polar surface area (TPSA) is 53.2 Å². The minimum atomic E-state index is 0.325. The van der Waals surface area contributed by atoms with Crippen LogP contribution in [-0.2, 0) is 0 Å². The SMILES string of the molecule is N#Cc1ccc(-c2ccc(OCCCCCCCCCCO)cc2)cc1. The second-order valence-electron chi connectivity index (χ2n) is 6.61. The Balaban J connectivity index is 1.61. The van der Waals surface area contributed by atoms with Gasteiger partial charge < -0.3 is 9.84 Å². The van der Waals surface area contributed by atoms with Crippen LogP contribution in [0.25, 0.3) is 11.1 Å². The summed E-state index contributed by atoms with van der Waals surface area (Å²) in [6, 6.07) is 17.9. The third-order valence-electron chi connectivity index (χ3n) is 4.52. The van der Waals surface area contributed by atoms with Gasteiger partial charge in [-0.15, -0.1) is 0 Å². The average Bonchev–Trinajstić information content (AvgIpc) is 2.70. The number of nitrogens with zero attached hydrogens (tertiary/aromatic N) is 1. The van der Waals surface area contributed by atoms with Crippen LogP contribution in [0.15, 0.2) is 48.5 Å². The zero-order chi connectivity index (χ0) is 18.5. The predicted octanol–water partition coefficient (Wildman–Crippen LogP) is 5.72. The summed E-state index contributed by atoms with van der Waals surface area (Å²) in [6.07, 6.45) is 9.46. The molecule has 26 heavy (non-hydrogen) atoms. The highest BCUT2D eigenvalue weighted by Gasteiger charge is 2.00. The highest BCUT2D eigenvalue weighted by Crippen LogP contribution is 2.23. The Morgan fingerprint density at radius 3 is 1.73 bits per heavy atom. The van der Waals surface area contributed by atoms with Gasteiger partial charge in [-0.3, -0.25) is 0 Å². The lowest BCUT2D eigenvalue weighted by molar-refractivity contribution is 0.282. The molecule has 0 aliphatic carbocycles. The lowest BCUT2D eigenvalue weighted by Gasteiger charge is -2.08. The molecule has 0 atom stereocenters. The minimum absolute atomic E-state index is 0.325. The Bertz CT molecular complexity index is 656. The van der Waals surface area contributed by atoms with Crippen LogP contribution < -0.4 is 4.74 Å². The molecule has 0 saturated carbocycles. The molecule has 0 aliphatic rings. The summed E-state index contributed by atoms with van der Waals surface area (Å²) in [6.45, 7) is 1.09. The fourth-order valence-corrected chi connectivity index (χ4v) is 2.95. The van der Waals surface area contributed by atoms with Crippen molar-refractivity contribution in [3.05, 3.63) is 54.1 Å². The van der Waals surface area contributed by atoms with Gasteiger partial charge in [0.2, 0.25) is 0 Å². The van der Waals surface area contributed by atoms with E-state index in [0.717, 1.165) is 42.7 Å².